The highest BCUT2D eigenvalue weighted by atomic mass is 32.1. The van der Waals surface area contributed by atoms with E-state index in [0.29, 0.717) is 11.7 Å². The summed E-state index contributed by atoms with van der Waals surface area (Å²) in [5.74, 6) is 1.05. The van der Waals surface area contributed by atoms with Crippen molar-refractivity contribution < 1.29 is 4.52 Å². The lowest BCUT2D eigenvalue weighted by Crippen LogP contribution is -2.27. The highest BCUT2D eigenvalue weighted by molar-refractivity contribution is 7.15. The summed E-state index contributed by atoms with van der Waals surface area (Å²) in [5, 5.41) is 4.97. The molecule has 2 aromatic heterocycles. The van der Waals surface area contributed by atoms with Gasteiger partial charge >= 0.3 is 0 Å². The van der Waals surface area contributed by atoms with Gasteiger partial charge in [0.15, 0.2) is 5.82 Å². The van der Waals surface area contributed by atoms with Crippen molar-refractivity contribution in [2.75, 3.05) is 0 Å². The third kappa shape index (κ3) is 2.44. The van der Waals surface area contributed by atoms with Crippen molar-refractivity contribution in [1.82, 2.24) is 15.1 Å². The van der Waals surface area contributed by atoms with Crippen molar-refractivity contribution >= 4 is 11.3 Å². The molecule has 0 bridgehead atoms. The summed E-state index contributed by atoms with van der Waals surface area (Å²) >= 11 is 1.55. The summed E-state index contributed by atoms with van der Waals surface area (Å²) in [4.78, 5) is 9.66. The molecule has 0 fully saturated rings. The second kappa shape index (κ2) is 4.44. The summed E-state index contributed by atoms with van der Waals surface area (Å²) in [5.41, 5.74) is 6.93. The van der Waals surface area contributed by atoms with Gasteiger partial charge in [-0.1, -0.05) is 25.9 Å². The largest absolute Gasteiger partial charge is 0.333 e. The molecule has 0 spiro atoms. The van der Waals surface area contributed by atoms with Crippen LogP contribution in [0.4, 0.5) is 0 Å². The van der Waals surface area contributed by atoms with Gasteiger partial charge in [-0.25, -0.2) is 4.98 Å². The predicted octanol–water partition coefficient (Wildman–Crippen LogP) is 2.86. The number of nitrogens with two attached hydrogens (primary N) is 1. The molecule has 6 heteroatoms. The number of aryl methyl sites for hydroxylation is 2. The molecule has 0 aliphatic carbocycles. The Balaban J connectivity index is 2.34. The Kier molecular flexibility index (Phi) is 3.25. The van der Waals surface area contributed by atoms with Gasteiger partial charge in [-0.15, -0.1) is 11.3 Å². The van der Waals surface area contributed by atoms with Gasteiger partial charge < -0.3 is 10.3 Å². The Morgan fingerprint density at radius 2 is 1.89 bits per heavy atom. The quantitative estimate of drug-likeness (QED) is 0.904. The Morgan fingerprint density at radius 1 is 1.22 bits per heavy atom. The fourth-order valence-electron chi connectivity index (χ4n) is 1.57. The average molecular weight is 266 g/mol. The molecule has 2 heterocycles. The fraction of sp³-hybridized carbons (Fsp3) is 0.583. The molecule has 0 aliphatic rings. The Morgan fingerprint density at radius 3 is 2.39 bits per heavy atom. The van der Waals surface area contributed by atoms with Crippen molar-refractivity contribution in [2.45, 2.75) is 40.7 Å². The highest BCUT2D eigenvalue weighted by Crippen LogP contribution is 2.32. The first-order valence-electron chi connectivity index (χ1n) is 5.82. The summed E-state index contributed by atoms with van der Waals surface area (Å²) in [6.07, 6.45) is 0. The van der Waals surface area contributed by atoms with E-state index in [1.165, 1.54) is 0 Å². The summed E-state index contributed by atoms with van der Waals surface area (Å²) in [7, 11) is 0. The van der Waals surface area contributed by atoms with Crippen molar-refractivity contribution in [3.63, 3.8) is 0 Å². The molecule has 0 saturated carbocycles. The third-order valence-electron chi connectivity index (χ3n) is 2.75. The van der Waals surface area contributed by atoms with Crippen molar-refractivity contribution in [3.8, 4) is 10.8 Å². The van der Waals surface area contributed by atoms with Crippen LogP contribution in [-0.4, -0.2) is 15.1 Å². The van der Waals surface area contributed by atoms with Crippen molar-refractivity contribution in [1.29, 1.82) is 0 Å². The van der Waals surface area contributed by atoms with Crippen LogP contribution in [0.25, 0.3) is 10.8 Å². The second-order valence-corrected chi connectivity index (χ2v) is 6.65. The van der Waals surface area contributed by atoms with E-state index < -0.39 is 0 Å². The molecule has 1 unspecified atom stereocenters. The highest BCUT2D eigenvalue weighted by Gasteiger charge is 2.27. The summed E-state index contributed by atoms with van der Waals surface area (Å²) in [6.45, 7) is 10.0. The lowest BCUT2D eigenvalue weighted by Gasteiger charge is -2.23. The topological polar surface area (TPSA) is 77.8 Å². The zero-order valence-corrected chi connectivity index (χ0v) is 12.1. The molecule has 2 rings (SSSR count). The van der Waals surface area contributed by atoms with Gasteiger partial charge in [-0.05, 0) is 19.3 Å². The minimum Gasteiger partial charge on any atom is -0.333 e. The smallest absolute Gasteiger partial charge is 0.269 e. The van der Waals surface area contributed by atoms with E-state index in [1.54, 1.807) is 11.3 Å². The number of hydrogen-bond acceptors (Lipinski definition) is 6. The van der Waals surface area contributed by atoms with Gasteiger partial charge in [-0.2, -0.15) is 4.98 Å². The first kappa shape index (κ1) is 13.2. The zero-order chi connectivity index (χ0) is 13.5. The second-order valence-electron chi connectivity index (χ2n) is 5.45. The van der Waals surface area contributed by atoms with Crippen LogP contribution in [0.2, 0.25) is 0 Å². The molecule has 5 nitrogen and oxygen atoms in total. The van der Waals surface area contributed by atoms with Gasteiger partial charge in [0.2, 0.25) is 0 Å². The van der Waals surface area contributed by atoms with Crippen LogP contribution in [-0.2, 0) is 0 Å². The Hall–Kier alpha value is -1.27. The van der Waals surface area contributed by atoms with Crippen LogP contribution in [0.1, 0.15) is 43.3 Å². The van der Waals surface area contributed by atoms with E-state index in [1.807, 2.05) is 13.8 Å². The van der Waals surface area contributed by atoms with Gasteiger partial charge in [0, 0.05) is 0 Å². The van der Waals surface area contributed by atoms with Crippen molar-refractivity contribution in [2.24, 2.45) is 11.1 Å². The van der Waals surface area contributed by atoms with Crippen LogP contribution in [0, 0.1) is 19.3 Å². The van der Waals surface area contributed by atoms with Crippen LogP contribution < -0.4 is 5.73 Å². The van der Waals surface area contributed by atoms with E-state index in [2.05, 4.69) is 35.9 Å². The van der Waals surface area contributed by atoms with Gasteiger partial charge in [0.05, 0.1) is 16.7 Å². The molecule has 2 aromatic rings. The first-order valence-corrected chi connectivity index (χ1v) is 6.64. The maximum Gasteiger partial charge on any atom is 0.269 e. The number of aromatic nitrogens is 3. The Bertz CT molecular complexity index is 553. The SMILES string of the molecule is Cc1nc(C)c(-c2nc(C(N)C(C)(C)C)no2)s1. The zero-order valence-electron chi connectivity index (χ0n) is 11.3. The lowest BCUT2D eigenvalue weighted by molar-refractivity contribution is 0.303. The number of thiazole rings is 1. The average Bonchev–Trinajstić information content (AvgIpc) is 2.82. The molecule has 0 radical (unpaired) electrons. The maximum atomic E-state index is 6.11. The molecule has 98 valence electrons. The van der Waals surface area contributed by atoms with Crippen molar-refractivity contribution in [3.05, 3.63) is 16.5 Å². The monoisotopic (exact) mass is 266 g/mol. The van der Waals surface area contributed by atoms with Gasteiger partial charge in [0.25, 0.3) is 5.89 Å². The molecule has 2 N–H and O–H groups in total. The van der Waals surface area contributed by atoms with Crippen LogP contribution in [0.3, 0.4) is 0 Å². The molecule has 0 aromatic carbocycles. The van der Waals surface area contributed by atoms with Crippen LogP contribution >= 0.6 is 11.3 Å². The van der Waals surface area contributed by atoms with E-state index in [9.17, 15) is 0 Å². The van der Waals surface area contributed by atoms with Crippen LogP contribution in [0.15, 0.2) is 4.52 Å². The van der Waals surface area contributed by atoms with E-state index in [0.717, 1.165) is 15.6 Å². The maximum absolute atomic E-state index is 6.11. The minimum atomic E-state index is -0.246. The molecule has 1 atom stereocenters. The summed E-state index contributed by atoms with van der Waals surface area (Å²) in [6, 6.07) is -0.246. The fourth-order valence-corrected chi connectivity index (χ4v) is 2.41. The normalized spacial score (nSPS) is 13.9. The van der Waals surface area contributed by atoms with Gasteiger partial charge in [-0.3, -0.25) is 0 Å². The van der Waals surface area contributed by atoms with E-state index in [4.69, 9.17) is 10.3 Å². The number of nitrogens with zero attached hydrogens (tertiary/aromatic N) is 3. The first-order chi connectivity index (χ1) is 8.29. The Labute approximate surface area is 110 Å². The summed E-state index contributed by atoms with van der Waals surface area (Å²) < 4.78 is 5.29. The van der Waals surface area contributed by atoms with E-state index in [-0.39, 0.29) is 11.5 Å². The standard InChI is InChI=1S/C12H18N4OS/c1-6-8(18-7(2)14-6)11-15-10(16-17-11)9(13)12(3,4)5/h9H,13H2,1-5H3. The lowest BCUT2D eigenvalue weighted by atomic mass is 9.87. The molecule has 0 saturated heterocycles. The number of hydrogen-bond donors (Lipinski definition) is 1. The van der Waals surface area contributed by atoms with E-state index >= 15 is 0 Å². The number of rotatable bonds is 2. The molecular formula is C12H18N4OS. The predicted molar refractivity (Wildman–Crippen MR) is 71.3 cm³/mol. The van der Waals surface area contributed by atoms with Gasteiger partial charge in [0.1, 0.15) is 4.88 Å². The molecular weight excluding hydrogens is 248 g/mol. The van der Waals surface area contributed by atoms with Crippen LogP contribution in [0.5, 0.6) is 0 Å². The molecule has 0 aliphatic heterocycles. The molecule has 18 heavy (non-hydrogen) atoms. The minimum absolute atomic E-state index is 0.0974. The third-order valence-corrected chi connectivity index (χ3v) is 3.81. The molecule has 0 amide bonds.